The largest absolute Gasteiger partial charge is 0.504 e. The molecule has 0 saturated heterocycles. The molecule has 0 aromatic heterocycles. The van der Waals surface area contributed by atoms with Crippen LogP contribution in [0.25, 0.3) is 10.8 Å². The van der Waals surface area contributed by atoms with Crippen molar-refractivity contribution in [1.82, 2.24) is 0 Å². The number of phenolic OH excluding ortho intramolecular Hbond substituents is 2. The first kappa shape index (κ1) is 16.4. The fraction of sp³-hybridized carbons (Fsp3) is 0.400. The van der Waals surface area contributed by atoms with Gasteiger partial charge in [-0.3, -0.25) is 0 Å². The molecular weight excluding hydrogens is 272 g/mol. The number of hydrogen-bond donors (Lipinski definition) is 2. The van der Waals surface area contributed by atoms with Gasteiger partial charge >= 0.3 is 0 Å². The fourth-order valence-corrected chi connectivity index (χ4v) is 2.93. The molecule has 2 aromatic carbocycles. The summed E-state index contributed by atoms with van der Waals surface area (Å²) in [5.74, 6) is 0.222. The minimum absolute atomic E-state index is 0.0246. The molecule has 2 heteroatoms. The highest BCUT2D eigenvalue weighted by Crippen LogP contribution is 2.42. The molecule has 0 unspecified atom stereocenters. The van der Waals surface area contributed by atoms with E-state index < -0.39 is 0 Å². The number of fused-ring (bicyclic) bond motifs is 1. The SMILES string of the molecule is CC(C)=CCCc1c(C)ccc2cc(C(C)C)c(O)c(O)c12. The van der Waals surface area contributed by atoms with Crippen LogP contribution in [0.1, 0.15) is 56.7 Å². The van der Waals surface area contributed by atoms with Crippen molar-refractivity contribution in [2.24, 2.45) is 0 Å². The van der Waals surface area contributed by atoms with Gasteiger partial charge < -0.3 is 10.2 Å². The lowest BCUT2D eigenvalue weighted by molar-refractivity contribution is 0.401. The van der Waals surface area contributed by atoms with Gasteiger partial charge in [-0.1, -0.05) is 37.6 Å². The van der Waals surface area contributed by atoms with Crippen LogP contribution < -0.4 is 0 Å². The minimum Gasteiger partial charge on any atom is -0.504 e. The van der Waals surface area contributed by atoms with Crippen LogP contribution in [0, 0.1) is 6.92 Å². The van der Waals surface area contributed by atoms with Crippen molar-refractivity contribution in [3.05, 3.63) is 46.5 Å². The Bertz CT molecular complexity index is 720. The quantitative estimate of drug-likeness (QED) is 0.571. The van der Waals surface area contributed by atoms with E-state index in [1.807, 2.05) is 26.0 Å². The van der Waals surface area contributed by atoms with Gasteiger partial charge in [-0.2, -0.15) is 0 Å². The number of phenols is 2. The third-order valence-electron chi connectivity index (χ3n) is 4.19. The third-order valence-corrected chi connectivity index (χ3v) is 4.19. The first-order valence-electron chi connectivity index (χ1n) is 7.93. The summed E-state index contributed by atoms with van der Waals surface area (Å²) in [6, 6.07) is 6.12. The predicted octanol–water partition coefficient (Wildman–Crippen LogP) is 5.58. The van der Waals surface area contributed by atoms with Crippen molar-refractivity contribution in [1.29, 1.82) is 0 Å². The summed E-state index contributed by atoms with van der Waals surface area (Å²) in [6.45, 7) is 10.3. The zero-order valence-corrected chi connectivity index (χ0v) is 14.2. The smallest absolute Gasteiger partial charge is 0.166 e. The van der Waals surface area contributed by atoms with Crippen molar-refractivity contribution < 1.29 is 10.2 Å². The molecule has 2 aromatic rings. The van der Waals surface area contributed by atoms with Crippen molar-refractivity contribution in [2.75, 3.05) is 0 Å². The Kier molecular flexibility index (Phi) is 4.80. The van der Waals surface area contributed by atoms with Gasteiger partial charge in [0.05, 0.1) is 0 Å². The van der Waals surface area contributed by atoms with Gasteiger partial charge in [0.15, 0.2) is 11.5 Å². The maximum absolute atomic E-state index is 10.5. The summed E-state index contributed by atoms with van der Waals surface area (Å²) in [7, 11) is 0. The molecule has 2 rings (SSSR count). The molecule has 0 bridgehead atoms. The summed E-state index contributed by atoms with van der Waals surface area (Å²) in [6.07, 6.45) is 4.01. The minimum atomic E-state index is 0.0246. The van der Waals surface area contributed by atoms with Gasteiger partial charge in [-0.05, 0) is 62.1 Å². The van der Waals surface area contributed by atoms with Crippen LogP contribution >= 0.6 is 0 Å². The molecule has 0 saturated carbocycles. The molecule has 2 nitrogen and oxygen atoms in total. The van der Waals surface area contributed by atoms with Crippen molar-refractivity contribution in [3.63, 3.8) is 0 Å². The Hall–Kier alpha value is -1.96. The molecular formula is C20H26O2. The second-order valence-electron chi connectivity index (χ2n) is 6.60. The second kappa shape index (κ2) is 6.43. The Morgan fingerprint density at radius 3 is 2.41 bits per heavy atom. The van der Waals surface area contributed by atoms with Crippen LogP contribution in [-0.2, 0) is 6.42 Å². The van der Waals surface area contributed by atoms with E-state index in [0.29, 0.717) is 0 Å². The third kappa shape index (κ3) is 3.11. The normalized spacial score (nSPS) is 11.2. The molecule has 2 N–H and O–H groups in total. The summed E-state index contributed by atoms with van der Waals surface area (Å²) >= 11 is 0. The van der Waals surface area contributed by atoms with E-state index in [0.717, 1.165) is 40.3 Å². The summed E-state index contributed by atoms with van der Waals surface area (Å²) < 4.78 is 0. The maximum Gasteiger partial charge on any atom is 0.166 e. The average molecular weight is 298 g/mol. The lowest BCUT2D eigenvalue weighted by atomic mass is 9.91. The summed E-state index contributed by atoms with van der Waals surface area (Å²) in [5.41, 5.74) is 4.37. The Morgan fingerprint density at radius 2 is 1.82 bits per heavy atom. The van der Waals surface area contributed by atoms with Crippen LogP contribution in [-0.4, -0.2) is 10.2 Å². The van der Waals surface area contributed by atoms with E-state index in [9.17, 15) is 10.2 Å². The standard InChI is InChI=1S/C20H26O2/c1-12(2)7-6-8-16-14(5)9-10-15-11-17(13(3)4)19(21)20(22)18(15)16/h7,9-11,13,21-22H,6,8H2,1-5H3. The van der Waals surface area contributed by atoms with E-state index in [1.54, 1.807) is 0 Å². The molecule has 22 heavy (non-hydrogen) atoms. The van der Waals surface area contributed by atoms with Crippen LogP contribution in [0.2, 0.25) is 0 Å². The molecule has 0 fully saturated rings. The lowest BCUT2D eigenvalue weighted by Gasteiger charge is -2.16. The first-order chi connectivity index (χ1) is 10.3. The highest BCUT2D eigenvalue weighted by Gasteiger charge is 2.17. The molecule has 0 amide bonds. The van der Waals surface area contributed by atoms with Crippen LogP contribution in [0.15, 0.2) is 29.8 Å². The van der Waals surface area contributed by atoms with Gasteiger partial charge in [0, 0.05) is 10.9 Å². The van der Waals surface area contributed by atoms with E-state index >= 15 is 0 Å². The van der Waals surface area contributed by atoms with Gasteiger partial charge in [0.2, 0.25) is 0 Å². The van der Waals surface area contributed by atoms with Crippen molar-refractivity contribution in [3.8, 4) is 11.5 Å². The van der Waals surface area contributed by atoms with Crippen LogP contribution in [0.4, 0.5) is 0 Å². The topological polar surface area (TPSA) is 40.5 Å². The van der Waals surface area contributed by atoms with Gasteiger partial charge in [0.1, 0.15) is 0 Å². The number of aromatic hydroxyl groups is 2. The number of rotatable bonds is 4. The zero-order valence-electron chi connectivity index (χ0n) is 14.2. The zero-order chi connectivity index (χ0) is 16.4. The highest BCUT2D eigenvalue weighted by atomic mass is 16.3. The second-order valence-corrected chi connectivity index (χ2v) is 6.60. The molecule has 118 valence electrons. The van der Waals surface area contributed by atoms with E-state index in [-0.39, 0.29) is 17.4 Å². The Balaban J connectivity index is 2.63. The predicted molar refractivity (Wildman–Crippen MR) is 93.9 cm³/mol. The van der Waals surface area contributed by atoms with Crippen molar-refractivity contribution >= 4 is 10.8 Å². The van der Waals surface area contributed by atoms with E-state index in [4.69, 9.17) is 0 Å². The average Bonchev–Trinajstić information content (AvgIpc) is 2.44. The Morgan fingerprint density at radius 1 is 1.14 bits per heavy atom. The first-order valence-corrected chi connectivity index (χ1v) is 7.93. The van der Waals surface area contributed by atoms with Crippen molar-refractivity contribution in [2.45, 2.75) is 53.4 Å². The Labute approximate surface area is 133 Å². The van der Waals surface area contributed by atoms with Gasteiger partial charge in [0.25, 0.3) is 0 Å². The van der Waals surface area contributed by atoms with Gasteiger partial charge in [-0.15, -0.1) is 0 Å². The number of aryl methyl sites for hydroxylation is 2. The van der Waals surface area contributed by atoms with Crippen LogP contribution in [0.3, 0.4) is 0 Å². The number of benzene rings is 2. The number of allylic oxidation sites excluding steroid dienone is 2. The summed E-state index contributed by atoms with van der Waals surface area (Å²) in [5, 5.41) is 22.7. The molecule has 0 aliphatic heterocycles. The molecule has 0 aliphatic rings. The molecule has 0 aliphatic carbocycles. The van der Waals surface area contributed by atoms with Gasteiger partial charge in [-0.25, -0.2) is 0 Å². The maximum atomic E-state index is 10.5. The molecule has 0 atom stereocenters. The van der Waals surface area contributed by atoms with Crippen LogP contribution in [0.5, 0.6) is 11.5 Å². The molecule has 0 spiro atoms. The number of hydrogen-bond acceptors (Lipinski definition) is 2. The monoisotopic (exact) mass is 298 g/mol. The molecule has 0 heterocycles. The molecule has 0 radical (unpaired) electrons. The summed E-state index contributed by atoms with van der Waals surface area (Å²) in [4.78, 5) is 0. The highest BCUT2D eigenvalue weighted by molar-refractivity contribution is 5.95. The van der Waals surface area contributed by atoms with E-state index in [1.165, 1.54) is 5.57 Å². The lowest BCUT2D eigenvalue weighted by Crippen LogP contribution is -1.95. The van der Waals surface area contributed by atoms with E-state index in [2.05, 4.69) is 32.9 Å². The fourth-order valence-electron chi connectivity index (χ4n) is 2.93.